The van der Waals surface area contributed by atoms with Crippen molar-refractivity contribution in [2.45, 2.75) is 39.7 Å². The van der Waals surface area contributed by atoms with Gasteiger partial charge in [0.25, 0.3) is 0 Å². The lowest BCUT2D eigenvalue weighted by Gasteiger charge is -2.22. The number of hydrogen-bond donors (Lipinski definition) is 1. The number of rotatable bonds is 3. The highest BCUT2D eigenvalue weighted by molar-refractivity contribution is 9.10. The van der Waals surface area contributed by atoms with Crippen LogP contribution >= 0.6 is 28.1 Å². The van der Waals surface area contributed by atoms with Crippen molar-refractivity contribution in [3.8, 4) is 0 Å². The van der Waals surface area contributed by atoms with Gasteiger partial charge in [0.1, 0.15) is 11.4 Å². The molecular weight excluding hydrogens is 345 g/mol. The van der Waals surface area contributed by atoms with Crippen molar-refractivity contribution in [3.63, 3.8) is 0 Å². The minimum absolute atomic E-state index is 0.134. The summed E-state index contributed by atoms with van der Waals surface area (Å²) in [6, 6.07) is 2.86. The van der Waals surface area contributed by atoms with Crippen LogP contribution in [0.5, 0.6) is 0 Å². The summed E-state index contributed by atoms with van der Waals surface area (Å²) >= 11 is 8.47. The van der Waals surface area contributed by atoms with E-state index in [1.54, 1.807) is 6.07 Å². The number of halogens is 2. The van der Waals surface area contributed by atoms with Crippen LogP contribution in [0.25, 0.3) is 0 Å². The highest BCUT2D eigenvalue weighted by Gasteiger charge is 2.16. The Morgan fingerprint density at radius 2 is 2.05 bits per heavy atom. The summed E-state index contributed by atoms with van der Waals surface area (Å²) in [6.07, 6.45) is 0.361. The molecule has 0 saturated carbocycles. The highest BCUT2D eigenvalue weighted by atomic mass is 79.9. The molecule has 110 valence electrons. The maximum absolute atomic E-state index is 13.7. The molecule has 1 aromatic rings. The zero-order valence-electron chi connectivity index (χ0n) is 11.8. The Hall–Kier alpha value is -1.01. The van der Waals surface area contributed by atoms with Gasteiger partial charge in [0.2, 0.25) is 5.91 Å². The molecule has 1 amide bonds. The van der Waals surface area contributed by atoms with Crippen molar-refractivity contribution in [2.75, 3.05) is 5.32 Å². The first-order valence-corrected chi connectivity index (χ1v) is 7.26. The van der Waals surface area contributed by atoms with E-state index in [-0.39, 0.29) is 17.2 Å². The predicted molar refractivity (Wildman–Crippen MR) is 85.5 cm³/mol. The largest absolute Gasteiger partial charge is 0.481 e. The van der Waals surface area contributed by atoms with Crippen molar-refractivity contribution >= 4 is 44.8 Å². The molecule has 0 spiro atoms. The molecule has 0 radical (unpaired) electrons. The lowest BCUT2D eigenvalue weighted by atomic mass is 10.1. The Labute approximate surface area is 132 Å². The van der Waals surface area contributed by atoms with E-state index in [1.165, 1.54) is 13.0 Å². The maximum atomic E-state index is 13.7. The Morgan fingerprint density at radius 3 is 2.55 bits per heavy atom. The molecule has 0 aromatic heterocycles. The maximum Gasteiger partial charge on any atom is 0.221 e. The first-order chi connectivity index (χ1) is 9.08. The predicted octanol–water partition coefficient (Wildman–Crippen LogP) is 4.23. The summed E-state index contributed by atoms with van der Waals surface area (Å²) in [6.45, 7) is 7.04. The van der Waals surface area contributed by atoms with Crippen LogP contribution in [0.4, 0.5) is 10.1 Å². The third-order valence-corrected chi connectivity index (χ3v) is 3.17. The van der Waals surface area contributed by atoms with E-state index in [2.05, 4.69) is 21.2 Å². The number of amides is 1. The molecule has 0 aliphatic rings. The molecule has 20 heavy (non-hydrogen) atoms. The van der Waals surface area contributed by atoms with Crippen LogP contribution in [0.15, 0.2) is 16.6 Å². The minimum atomic E-state index is -0.501. The van der Waals surface area contributed by atoms with Gasteiger partial charge in [-0.2, -0.15) is 0 Å². The average Bonchev–Trinajstić information content (AvgIpc) is 2.21. The Bertz CT molecular complexity index is 541. The van der Waals surface area contributed by atoms with Gasteiger partial charge in [0.05, 0.1) is 5.69 Å². The van der Waals surface area contributed by atoms with Crippen molar-refractivity contribution < 1.29 is 13.9 Å². The van der Waals surface area contributed by atoms with Crippen LogP contribution < -0.4 is 5.32 Å². The van der Waals surface area contributed by atoms with Gasteiger partial charge in [0, 0.05) is 17.8 Å². The van der Waals surface area contributed by atoms with Crippen LogP contribution in [-0.4, -0.2) is 16.6 Å². The van der Waals surface area contributed by atoms with Crippen LogP contribution in [0.2, 0.25) is 0 Å². The Morgan fingerprint density at radius 1 is 1.45 bits per heavy atom. The van der Waals surface area contributed by atoms with Crippen LogP contribution in [0, 0.1) is 5.82 Å². The van der Waals surface area contributed by atoms with Crippen molar-refractivity contribution in [1.29, 1.82) is 0 Å². The summed E-state index contributed by atoms with van der Waals surface area (Å²) in [5.41, 5.74) is 0.517. The van der Waals surface area contributed by atoms with E-state index < -0.39 is 5.82 Å². The molecule has 0 heterocycles. The fraction of sp³-hybridized carbons (Fsp3) is 0.429. The number of hydrogen-bond acceptors (Lipinski definition) is 3. The molecule has 1 rings (SSSR count). The molecular formula is C14H17BrFNO2S. The van der Waals surface area contributed by atoms with Crippen LogP contribution in [0.1, 0.15) is 33.3 Å². The van der Waals surface area contributed by atoms with Gasteiger partial charge >= 0.3 is 0 Å². The third-order valence-electron chi connectivity index (χ3n) is 2.20. The van der Waals surface area contributed by atoms with E-state index in [1.807, 2.05) is 20.8 Å². The standard InChI is InChI=1S/C14H17BrFNO2S/c1-8(18)17-12-5-9(10(15)7-11(12)16)6-13(20)19-14(2,3)4/h5,7H,6H2,1-4H3,(H,17,18). The normalized spacial score (nSPS) is 11.1. The summed E-state index contributed by atoms with van der Waals surface area (Å²) in [4.78, 5) is 11.0. The molecule has 0 fully saturated rings. The Kier molecular flexibility index (Phi) is 5.65. The fourth-order valence-electron chi connectivity index (χ4n) is 1.55. The van der Waals surface area contributed by atoms with Crippen LogP contribution in [-0.2, 0) is 16.0 Å². The summed E-state index contributed by atoms with van der Waals surface area (Å²) < 4.78 is 19.9. The number of carbonyl (C=O) groups is 1. The first-order valence-electron chi connectivity index (χ1n) is 6.06. The number of ether oxygens (including phenoxy) is 1. The number of nitrogens with one attached hydrogen (secondary N) is 1. The molecule has 0 aliphatic heterocycles. The monoisotopic (exact) mass is 361 g/mol. The Balaban J connectivity index is 2.95. The van der Waals surface area contributed by atoms with Gasteiger partial charge in [0.15, 0.2) is 5.05 Å². The second-order valence-corrected chi connectivity index (χ2v) is 6.68. The lowest BCUT2D eigenvalue weighted by molar-refractivity contribution is -0.114. The molecule has 6 heteroatoms. The van der Waals surface area contributed by atoms with E-state index in [0.29, 0.717) is 15.9 Å². The van der Waals surface area contributed by atoms with Crippen molar-refractivity contribution in [1.82, 2.24) is 0 Å². The SMILES string of the molecule is CC(=O)Nc1cc(CC(=S)OC(C)(C)C)c(Br)cc1F. The zero-order chi connectivity index (χ0) is 15.5. The van der Waals surface area contributed by atoms with Gasteiger partial charge in [-0.15, -0.1) is 0 Å². The molecule has 0 saturated heterocycles. The molecule has 1 aromatic carbocycles. The van der Waals surface area contributed by atoms with E-state index in [4.69, 9.17) is 17.0 Å². The molecule has 3 nitrogen and oxygen atoms in total. The lowest BCUT2D eigenvalue weighted by Crippen LogP contribution is -2.24. The van der Waals surface area contributed by atoms with Gasteiger partial charge in [-0.05, 0) is 50.7 Å². The summed E-state index contributed by atoms with van der Waals surface area (Å²) in [5, 5.41) is 2.86. The van der Waals surface area contributed by atoms with E-state index in [0.717, 1.165) is 5.56 Å². The topological polar surface area (TPSA) is 38.3 Å². The van der Waals surface area contributed by atoms with Gasteiger partial charge in [-0.25, -0.2) is 4.39 Å². The van der Waals surface area contributed by atoms with Crippen molar-refractivity contribution in [3.05, 3.63) is 28.0 Å². The molecule has 0 aliphatic carbocycles. The quantitative estimate of drug-likeness (QED) is 0.818. The van der Waals surface area contributed by atoms with Crippen LogP contribution in [0.3, 0.4) is 0 Å². The van der Waals surface area contributed by atoms with Gasteiger partial charge < -0.3 is 10.1 Å². The average molecular weight is 362 g/mol. The van der Waals surface area contributed by atoms with E-state index in [9.17, 15) is 9.18 Å². The first kappa shape index (κ1) is 17.0. The van der Waals surface area contributed by atoms with Gasteiger partial charge in [-0.3, -0.25) is 4.79 Å². The number of anilines is 1. The summed E-state index contributed by atoms with van der Waals surface area (Å²) in [5.74, 6) is -0.829. The van der Waals surface area contributed by atoms with Crippen molar-refractivity contribution in [2.24, 2.45) is 0 Å². The summed E-state index contributed by atoms with van der Waals surface area (Å²) in [7, 11) is 0. The van der Waals surface area contributed by atoms with Gasteiger partial charge in [-0.1, -0.05) is 15.9 Å². The molecule has 1 N–H and O–H groups in total. The molecule has 0 atom stereocenters. The fourth-order valence-corrected chi connectivity index (χ4v) is 2.41. The third kappa shape index (κ3) is 5.54. The zero-order valence-corrected chi connectivity index (χ0v) is 14.2. The number of carbonyl (C=O) groups excluding carboxylic acids is 1. The minimum Gasteiger partial charge on any atom is -0.481 e. The molecule has 0 bridgehead atoms. The smallest absolute Gasteiger partial charge is 0.221 e. The highest BCUT2D eigenvalue weighted by Crippen LogP contribution is 2.26. The second kappa shape index (κ2) is 6.63. The second-order valence-electron chi connectivity index (χ2n) is 5.37. The van der Waals surface area contributed by atoms with E-state index >= 15 is 0 Å². The number of thiocarbonyl (C=S) groups is 1. The molecule has 0 unspecified atom stereocenters. The number of benzene rings is 1.